The maximum absolute atomic E-state index is 14.6. The smallest absolute Gasteiger partial charge is 0.340 e. The van der Waals surface area contributed by atoms with E-state index in [2.05, 4.69) is 12.1 Å². The van der Waals surface area contributed by atoms with E-state index in [1.807, 2.05) is 97.1 Å². The first-order chi connectivity index (χ1) is 26.8. The average Bonchev–Trinajstić information content (AvgIpc) is 3.22. The monoisotopic (exact) mass is 738 g/mol. The Bertz CT molecular complexity index is 2420. The molecule has 0 aliphatic carbocycles. The van der Waals surface area contributed by atoms with Crippen molar-refractivity contribution in [2.24, 2.45) is 0 Å². The summed E-state index contributed by atoms with van der Waals surface area (Å²) in [5, 5.41) is 7.18. The fraction of sp³-hybridized carbons (Fsp3) is 0.217. The molecule has 0 saturated heterocycles. The molecule has 0 aliphatic rings. The number of rotatable bonds is 13. The molecule has 0 N–H and O–H groups in total. The summed E-state index contributed by atoms with van der Waals surface area (Å²) >= 11 is 0. The van der Waals surface area contributed by atoms with Crippen LogP contribution in [0.15, 0.2) is 121 Å². The highest BCUT2D eigenvalue weighted by atomic mass is 16.6. The van der Waals surface area contributed by atoms with Crippen molar-refractivity contribution in [1.29, 1.82) is 0 Å². The minimum absolute atomic E-state index is 0.325. The maximum atomic E-state index is 14.6. The van der Waals surface area contributed by atoms with Crippen LogP contribution in [0.25, 0.3) is 43.1 Å². The molecule has 0 amide bonds. The second-order valence-electron chi connectivity index (χ2n) is 13.1. The number of esters is 2. The van der Waals surface area contributed by atoms with Crippen LogP contribution in [0.4, 0.5) is 0 Å². The van der Waals surface area contributed by atoms with Crippen molar-refractivity contribution in [3.8, 4) is 17.2 Å². The quantitative estimate of drug-likeness (QED) is 0.0846. The number of hydrogen-bond donors (Lipinski definition) is 0. The fourth-order valence-electron chi connectivity index (χ4n) is 7.51. The minimum atomic E-state index is -1.20. The number of fused-ring (bicyclic) bond motifs is 4. The second kappa shape index (κ2) is 16.1. The van der Waals surface area contributed by atoms with Gasteiger partial charge in [-0.25, -0.2) is 9.59 Å². The molecule has 0 aromatic heterocycles. The van der Waals surface area contributed by atoms with E-state index < -0.39 is 36.4 Å². The minimum Gasteiger partial charge on any atom is -0.496 e. The zero-order chi connectivity index (χ0) is 38.6. The van der Waals surface area contributed by atoms with Crippen LogP contribution >= 0.6 is 0 Å². The van der Waals surface area contributed by atoms with Gasteiger partial charge in [0.15, 0.2) is 29.8 Å². The van der Waals surface area contributed by atoms with E-state index in [0.29, 0.717) is 33.9 Å². The molecule has 55 heavy (non-hydrogen) atoms. The fourth-order valence-corrected chi connectivity index (χ4v) is 7.51. The lowest BCUT2D eigenvalue weighted by molar-refractivity contribution is -0.180. The molecule has 9 nitrogen and oxygen atoms in total. The van der Waals surface area contributed by atoms with Crippen LogP contribution < -0.4 is 14.2 Å². The summed E-state index contributed by atoms with van der Waals surface area (Å²) in [7, 11) is 7.45. The zero-order valence-corrected chi connectivity index (χ0v) is 31.5. The number of carbonyl (C=O) groups is 2. The molecule has 280 valence electrons. The Kier molecular flexibility index (Phi) is 10.9. The van der Waals surface area contributed by atoms with Gasteiger partial charge >= 0.3 is 11.9 Å². The van der Waals surface area contributed by atoms with Gasteiger partial charge in [0.05, 0.1) is 21.3 Å². The first-order valence-electron chi connectivity index (χ1n) is 17.9. The molecular weight excluding hydrogens is 696 g/mol. The molecule has 4 atom stereocenters. The van der Waals surface area contributed by atoms with Gasteiger partial charge in [-0.3, -0.25) is 0 Å². The van der Waals surface area contributed by atoms with Crippen molar-refractivity contribution in [1.82, 2.24) is 0 Å². The Labute approximate surface area is 319 Å². The van der Waals surface area contributed by atoms with Gasteiger partial charge in [0.2, 0.25) is 0 Å². The molecule has 7 rings (SSSR count). The van der Waals surface area contributed by atoms with Crippen LogP contribution in [0, 0.1) is 0 Å². The maximum Gasteiger partial charge on any atom is 0.340 e. The van der Waals surface area contributed by atoms with Gasteiger partial charge in [0, 0.05) is 37.0 Å². The lowest BCUT2D eigenvalue weighted by Crippen LogP contribution is -2.31. The van der Waals surface area contributed by atoms with Crippen LogP contribution in [0.2, 0.25) is 0 Å². The predicted molar refractivity (Wildman–Crippen MR) is 213 cm³/mol. The van der Waals surface area contributed by atoms with Crippen molar-refractivity contribution in [2.75, 3.05) is 35.5 Å². The molecule has 7 aromatic rings. The van der Waals surface area contributed by atoms with Crippen molar-refractivity contribution in [3.63, 3.8) is 0 Å². The second-order valence-corrected chi connectivity index (χ2v) is 13.1. The van der Waals surface area contributed by atoms with Gasteiger partial charge in [0.1, 0.15) is 11.9 Å². The van der Waals surface area contributed by atoms with E-state index in [-0.39, 0.29) is 0 Å². The summed E-state index contributed by atoms with van der Waals surface area (Å²) in [6.45, 7) is 1.66. The Morgan fingerprint density at radius 2 is 0.818 bits per heavy atom. The summed E-state index contributed by atoms with van der Waals surface area (Å²) in [6, 6.07) is 38.7. The zero-order valence-electron chi connectivity index (χ0n) is 31.5. The van der Waals surface area contributed by atoms with Crippen LogP contribution in [-0.2, 0) is 28.5 Å². The summed E-state index contributed by atoms with van der Waals surface area (Å²) in [4.78, 5) is 29.0. The predicted octanol–water partition coefficient (Wildman–Crippen LogP) is 9.62. The molecule has 0 saturated carbocycles. The summed E-state index contributed by atoms with van der Waals surface area (Å²) < 4.78 is 41.6. The molecule has 0 bridgehead atoms. The summed E-state index contributed by atoms with van der Waals surface area (Å²) in [5.41, 5.74) is 1.72. The third-order valence-corrected chi connectivity index (χ3v) is 10.1. The number of methoxy groups -OCH3 is 5. The average molecular weight is 739 g/mol. The van der Waals surface area contributed by atoms with Crippen LogP contribution in [0.1, 0.15) is 41.9 Å². The number of hydrogen-bond acceptors (Lipinski definition) is 9. The Balaban J connectivity index is 1.31. The first-order valence-corrected chi connectivity index (χ1v) is 17.9. The largest absolute Gasteiger partial charge is 0.496 e. The Morgan fingerprint density at radius 1 is 0.455 bits per heavy atom. The molecule has 0 unspecified atom stereocenters. The lowest BCUT2D eigenvalue weighted by atomic mass is 9.93. The summed E-state index contributed by atoms with van der Waals surface area (Å²) in [5.74, 6) is -0.279. The molecular formula is C46H42O9. The van der Waals surface area contributed by atoms with Crippen LogP contribution in [0.5, 0.6) is 17.2 Å². The summed E-state index contributed by atoms with van der Waals surface area (Å²) in [6.07, 6.45) is -4.53. The van der Waals surface area contributed by atoms with E-state index in [0.717, 1.165) is 43.1 Å². The van der Waals surface area contributed by atoms with Crippen molar-refractivity contribution in [2.45, 2.75) is 31.3 Å². The molecule has 0 aliphatic heterocycles. The highest BCUT2D eigenvalue weighted by Gasteiger charge is 2.37. The normalized spacial score (nSPS) is 13.6. The van der Waals surface area contributed by atoms with Crippen LogP contribution in [0.3, 0.4) is 0 Å². The van der Waals surface area contributed by atoms with E-state index in [1.165, 1.54) is 35.5 Å². The van der Waals surface area contributed by atoms with Gasteiger partial charge in [-0.15, -0.1) is 0 Å². The van der Waals surface area contributed by atoms with Crippen molar-refractivity contribution < 1.29 is 42.7 Å². The first kappa shape index (κ1) is 37.2. The molecule has 0 fully saturated rings. The molecule has 7 aromatic carbocycles. The van der Waals surface area contributed by atoms with E-state index in [1.54, 1.807) is 19.1 Å². The van der Waals surface area contributed by atoms with Crippen molar-refractivity contribution in [3.05, 3.63) is 138 Å². The van der Waals surface area contributed by atoms with E-state index >= 15 is 0 Å². The van der Waals surface area contributed by atoms with Gasteiger partial charge < -0.3 is 33.2 Å². The third kappa shape index (κ3) is 7.00. The van der Waals surface area contributed by atoms with Gasteiger partial charge in [-0.1, -0.05) is 97.1 Å². The topological polar surface area (TPSA) is 98.8 Å². The number of benzene rings is 7. The van der Waals surface area contributed by atoms with Crippen LogP contribution in [-0.4, -0.2) is 53.6 Å². The highest BCUT2D eigenvalue weighted by Crippen LogP contribution is 2.43. The molecule has 0 spiro atoms. The van der Waals surface area contributed by atoms with Gasteiger partial charge in [0.25, 0.3) is 0 Å². The third-order valence-electron chi connectivity index (χ3n) is 10.1. The number of carbonyl (C=O) groups excluding carboxylic acids is 2. The van der Waals surface area contributed by atoms with E-state index in [9.17, 15) is 9.59 Å². The highest BCUT2D eigenvalue weighted by molar-refractivity contribution is 6.06. The molecule has 0 heterocycles. The van der Waals surface area contributed by atoms with Gasteiger partial charge in [-0.05, 0) is 68.2 Å². The standard InChI is InChI=1S/C46H42O9/c1-27(54-45(47)43(52-5)40-32-19-11-7-15-28(32)23-29-16-8-12-20-33(29)40)42(36-25-38(50-3)39(51-4)26-37(36)49-2)55-46(48)44(53-6)41-34-21-13-9-17-30(34)24-31-18-10-14-22-35(31)41/h7-27,42-44H,1-6H3/t27-,42+,43+,44+/m0/s1. The molecule has 0 radical (unpaired) electrons. The van der Waals surface area contributed by atoms with E-state index in [4.69, 9.17) is 33.2 Å². The molecule has 9 heteroatoms. The lowest BCUT2D eigenvalue weighted by Gasteiger charge is -2.29. The SMILES string of the molecule is COc1cc(OC)c([C@H](OC(=O)[C@H](OC)c2c3ccccc3cc3ccccc23)[C@H](C)OC(=O)[C@H](OC)c2c3ccccc3cc3ccccc23)cc1OC. The number of ether oxygens (including phenoxy) is 7. The van der Waals surface area contributed by atoms with Crippen molar-refractivity contribution >= 4 is 55.0 Å². The Morgan fingerprint density at radius 3 is 1.20 bits per heavy atom. The Hall–Kier alpha value is -6.16. The van der Waals surface area contributed by atoms with Gasteiger partial charge in [-0.2, -0.15) is 0 Å².